The van der Waals surface area contributed by atoms with Gasteiger partial charge in [-0.2, -0.15) is 0 Å². The van der Waals surface area contributed by atoms with Crippen molar-refractivity contribution in [3.63, 3.8) is 0 Å². The van der Waals surface area contributed by atoms with Crippen molar-refractivity contribution in [1.82, 2.24) is 0 Å². The average molecular weight is 367 g/mol. The molecule has 0 unspecified atom stereocenters. The number of nitrogen functional groups attached to an aromatic ring is 1. The third-order valence-electron chi connectivity index (χ3n) is 3.92. The lowest BCUT2D eigenvalue weighted by atomic mass is 9.98. The molecule has 1 aliphatic heterocycles. The van der Waals surface area contributed by atoms with Crippen LogP contribution in [-0.4, -0.2) is 17.5 Å². The molecule has 138 valence electrons. The molecule has 0 saturated heterocycles. The molecule has 2 aromatic carbocycles. The molecule has 0 spiro atoms. The molecule has 27 heavy (non-hydrogen) atoms. The van der Waals surface area contributed by atoms with Gasteiger partial charge in [-0.05, 0) is 54.5 Å². The third-order valence-corrected chi connectivity index (χ3v) is 3.92. The summed E-state index contributed by atoms with van der Waals surface area (Å²) in [7, 11) is 0. The second kappa shape index (κ2) is 7.71. The number of fused-ring (bicyclic) bond motifs is 1. The van der Waals surface area contributed by atoms with Crippen molar-refractivity contribution in [1.29, 1.82) is 0 Å². The molecule has 1 aliphatic carbocycles. The molecule has 0 amide bonds. The zero-order valence-electron chi connectivity index (χ0n) is 14.5. The number of hydrazine groups is 1. The Morgan fingerprint density at radius 2 is 1.93 bits per heavy atom. The van der Waals surface area contributed by atoms with Crippen molar-refractivity contribution < 1.29 is 19.2 Å². The molecular formula is C19H17N3O5. The second-order valence-corrected chi connectivity index (χ2v) is 5.83. The number of ether oxygens (including phenoxy) is 2. The number of nitrogens with two attached hydrogens (primary N) is 1. The van der Waals surface area contributed by atoms with E-state index in [1.54, 1.807) is 24.3 Å². The van der Waals surface area contributed by atoms with Gasteiger partial charge in [0, 0.05) is 11.6 Å². The topological polar surface area (TPSA) is 117 Å². The fraction of sp³-hybridized carbons (Fsp3) is 0.105. The van der Waals surface area contributed by atoms with E-state index >= 15 is 0 Å². The van der Waals surface area contributed by atoms with E-state index in [2.05, 4.69) is 5.43 Å². The Kier molecular flexibility index (Phi) is 5.18. The predicted molar refractivity (Wildman–Crippen MR) is 100 cm³/mol. The van der Waals surface area contributed by atoms with Crippen LogP contribution in [0.25, 0.3) is 6.08 Å². The summed E-state index contributed by atoms with van der Waals surface area (Å²) in [5.41, 5.74) is 5.20. The summed E-state index contributed by atoms with van der Waals surface area (Å²) in [6, 6.07) is 10.3. The highest BCUT2D eigenvalue weighted by atomic mass is 16.7. The summed E-state index contributed by atoms with van der Waals surface area (Å²) >= 11 is 0. The molecule has 0 atom stereocenters. The Bertz CT molecular complexity index is 966. The standard InChI is InChI=1S/C12H8O3.C7H9N3O2/c13-10-3-2-9(10)5-8-1-4-11-12(6-8)15-7-14-11;1-5-2-3-7(10(11)12)6(4-5)9-8/h1-6H,7H2;2-4,9H,8H2,1H3. The van der Waals surface area contributed by atoms with Gasteiger partial charge in [-0.1, -0.05) is 12.1 Å². The van der Waals surface area contributed by atoms with Crippen LogP contribution in [0.15, 0.2) is 54.1 Å². The van der Waals surface area contributed by atoms with E-state index in [9.17, 15) is 14.9 Å². The Morgan fingerprint density at radius 3 is 2.56 bits per heavy atom. The van der Waals surface area contributed by atoms with Crippen molar-refractivity contribution in [2.75, 3.05) is 12.2 Å². The summed E-state index contributed by atoms with van der Waals surface area (Å²) < 4.78 is 10.4. The number of anilines is 1. The first-order valence-corrected chi connectivity index (χ1v) is 8.03. The van der Waals surface area contributed by atoms with Crippen molar-refractivity contribution in [2.45, 2.75) is 6.92 Å². The molecule has 0 saturated carbocycles. The molecular weight excluding hydrogens is 350 g/mol. The summed E-state index contributed by atoms with van der Waals surface area (Å²) in [6.07, 6.45) is 5.19. The van der Waals surface area contributed by atoms with Crippen LogP contribution in [0, 0.1) is 17.0 Å². The Morgan fingerprint density at radius 1 is 1.15 bits per heavy atom. The Hall–Kier alpha value is -3.65. The maximum atomic E-state index is 11.1. The number of hydrogen-bond acceptors (Lipinski definition) is 7. The van der Waals surface area contributed by atoms with Crippen LogP contribution in [0.2, 0.25) is 0 Å². The lowest BCUT2D eigenvalue weighted by Crippen LogP contribution is -2.09. The smallest absolute Gasteiger partial charge is 0.293 e. The number of nitrogens with one attached hydrogen (secondary N) is 1. The molecule has 2 aliphatic rings. The van der Waals surface area contributed by atoms with Crippen molar-refractivity contribution in [2.24, 2.45) is 5.84 Å². The van der Waals surface area contributed by atoms with E-state index in [4.69, 9.17) is 15.3 Å². The van der Waals surface area contributed by atoms with Gasteiger partial charge < -0.3 is 14.9 Å². The van der Waals surface area contributed by atoms with Gasteiger partial charge in [0.25, 0.3) is 5.69 Å². The lowest BCUT2D eigenvalue weighted by molar-refractivity contribution is -0.384. The number of carbonyl (C=O) groups excluding carboxylic acids is 1. The minimum Gasteiger partial charge on any atom is -0.454 e. The number of benzene rings is 2. The highest BCUT2D eigenvalue weighted by molar-refractivity contribution is 6.16. The minimum atomic E-state index is -0.478. The molecule has 8 heteroatoms. The molecule has 0 fully saturated rings. The van der Waals surface area contributed by atoms with Gasteiger partial charge in [-0.3, -0.25) is 20.8 Å². The number of aryl methyl sites for hydroxylation is 1. The predicted octanol–water partition coefficient (Wildman–Crippen LogP) is 3.13. The van der Waals surface area contributed by atoms with Crippen LogP contribution in [0.5, 0.6) is 11.5 Å². The Balaban J connectivity index is 0.000000161. The van der Waals surface area contributed by atoms with Gasteiger partial charge in [0.1, 0.15) is 5.69 Å². The van der Waals surface area contributed by atoms with Crippen LogP contribution in [0.3, 0.4) is 0 Å². The molecule has 1 heterocycles. The highest BCUT2D eigenvalue weighted by Crippen LogP contribution is 2.33. The molecule has 2 aromatic rings. The molecule has 0 radical (unpaired) electrons. The quantitative estimate of drug-likeness (QED) is 0.370. The van der Waals surface area contributed by atoms with Crippen molar-refractivity contribution >= 4 is 23.2 Å². The first kappa shape index (κ1) is 18.2. The van der Waals surface area contributed by atoms with E-state index in [1.165, 1.54) is 6.07 Å². The number of rotatable bonds is 3. The molecule has 0 bridgehead atoms. The fourth-order valence-corrected chi connectivity index (χ4v) is 2.47. The van der Waals surface area contributed by atoms with Crippen LogP contribution < -0.4 is 20.7 Å². The lowest BCUT2D eigenvalue weighted by Gasteiger charge is -2.05. The number of nitro groups is 1. The molecule has 3 N–H and O–H groups in total. The number of nitro benzene ring substituents is 1. The SMILES string of the molecule is Cc1ccc([N+](=O)[O-])c(NN)c1.O=C1C=CC1=Cc1ccc2c(c1)OCO2. The van der Waals surface area contributed by atoms with E-state index in [0.29, 0.717) is 5.69 Å². The van der Waals surface area contributed by atoms with Gasteiger partial charge in [0.2, 0.25) is 6.79 Å². The van der Waals surface area contributed by atoms with Crippen molar-refractivity contribution in [3.05, 3.63) is 75.4 Å². The first-order chi connectivity index (χ1) is 13.0. The average Bonchev–Trinajstić information content (AvgIpc) is 3.12. The van der Waals surface area contributed by atoms with E-state index < -0.39 is 4.92 Å². The number of carbonyl (C=O) groups is 1. The number of nitrogens with zero attached hydrogens (tertiary/aromatic N) is 1. The number of ketones is 1. The normalized spacial score (nSPS) is 15.0. The zero-order chi connectivity index (χ0) is 19.4. The van der Waals surface area contributed by atoms with Gasteiger partial charge in [-0.25, -0.2) is 0 Å². The van der Waals surface area contributed by atoms with Gasteiger partial charge in [-0.15, -0.1) is 0 Å². The summed E-state index contributed by atoms with van der Waals surface area (Å²) in [4.78, 5) is 21.0. The van der Waals surface area contributed by atoms with E-state index in [1.807, 2.05) is 31.2 Å². The van der Waals surface area contributed by atoms with E-state index in [0.717, 1.165) is 28.2 Å². The number of allylic oxidation sites excluding steroid dienone is 3. The zero-order valence-corrected chi connectivity index (χ0v) is 14.5. The number of hydrogen-bond donors (Lipinski definition) is 2. The fourth-order valence-electron chi connectivity index (χ4n) is 2.47. The summed E-state index contributed by atoms with van der Waals surface area (Å²) in [6.45, 7) is 2.11. The maximum Gasteiger partial charge on any atom is 0.293 e. The summed E-state index contributed by atoms with van der Waals surface area (Å²) in [5, 5.41) is 10.4. The molecule has 0 aromatic heterocycles. The van der Waals surface area contributed by atoms with Gasteiger partial charge in [0.15, 0.2) is 17.3 Å². The largest absolute Gasteiger partial charge is 0.454 e. The van der Waals surface area contributed by atoms with Crippen molar-refractivity contribution in [3.8, 4) is 11.5 Å². The Labute approximate surface area is 155 Å². The second-order valence-electron chi connectivity index (χ2n) is 5.83. The summed E-state index contributed by atoms with van der Waals surface area (Å²) in [5.74, 6) is 6.67. The molecule has 4 rings (SSSR count). The van der Waals surface area contributed by atoms with Gasteiger partial charge >= 0.3 is 0 Å². The van der Waals surface area contributed by atoms with Gasteiger partial charge in [0.05, 0.1) is 4.92 Å². The van der Waals surface area contributed by atoms with Crippen LogP contribution in [-0.2, 0) is 4.79 Å². The monoisotopic (exact) mass is 367 g/mol. The maximum absolute atomic E-state index is 11.1. The van der Waals surface area contributed by atoms with Crippen LogP contribution in [0.4, 0.5) is 11.4 Å². The minimum absolute atomic E-state index is 0.0110. The van der Waals surface area contributed by atoms with Crippen LogP contribution in [0.1, 0.15) is 11.1 Å². The first-order valence-electron chi connectivity index (χ1n) is 8.03. The van der Waals surface area contributed by atoms with E-state index in [-0.39, 0.29) is 18.3 Å². The molecule has 8 nitrogen and oxygen atoms in total. The third kappa shape index (κ3) is 4.13. The van der Waals surface area contributed by atoms with Crippen LogP contribution >= 0.6 is 0 Å². The highest BCUT2D eigenvalue weighted by Gasteiger charge is 2.15.